The van der Waals surface area contributed by atoms with Crippen molar-refractivity contribution in [2.24, 2.45) is 4.99 Å². The van der Waals surface area contributed by atoms with E-state index in [1.165, 1.54) is 12.1 Å². The summed E-state index contributed by atoms with van der Waals surface area (Å²) in [7, 11) is 0. The number of halogens is 1. The third-order valence-electron chi connectivity index (χ3n) is 4.85. The third-order valence-corrected chi connectivity index (χ3v) is 4.85. The zero-order valence-corrected chi connectivity index (χ0v) is 15.4. The molecule has 4 nitrogen and oxygen atoms in total. The minimum atomic E-state index is -0.467. The number of carbonyl (C=O) groups is 1. The monoisotopic (exact) mass is 362 g/mol. The maximum atomic E-state index is 13.5. The third kappa shape index (κ3) is 2.99. The van der Waals surface area contributed by atoms with Crippen LogP contribution >= 0.6 is 0 Å². The summed E-state index contributed by atoms with van der Waals surface area (Å²) in [5.41, 5.74) is 6.17. The van der Waals surface area contributed by atoms with Crippen molar-refractivity contribution in [1.29, 1.82) is 0 Å². The topological polar surface area (TPSA) is 55.5 Å². The summed E-state index contributed by atoms with van der Waals surface area (Å²) in [6, 6.07) is 11.8. The van der Waals surface area contributed by atoms with E-state index in [1.54, 1.807) is 19.1 Å². The van der Waals surface area contributed by atoms with Crippen molar-refractivity contribution in [3.05, 3.63) is 76.4 Å². The van der Waals surface area contributed by atoms with Crippen LogP contribution in [-0.2, 0) is 4.79 Å². The highest BCUT2D eigenvalue weighted by Gasteiger charge is 2.31. The molecular weight excluding hydrogens is 343 g/mol. The Morgan fingerprint density at radius 2 is 1.85 bits per heavy atom. The predicted molar refractivity (Wildman–Crippen MR) is 101 cm³/mol. The minimum absolute atomic E-state index is 0.0184. The van der Waals surface area contributed by atoms with Gasteiger partial charge in [0.05, 0.1) is 17.0 Å². The number of nitrogens with zero attached hydrogens (tertiary/aromatic N) is 2. The standard InChI is InChI=1S/C22H19FN2O2/c1-12-5-4-6-17-19(12)21(15-7-9-16(23)10-8-15)24-18(11-13(2)26)22-20(17)14(3)25-27-22/h4-10,18H,11H2,1-3H3/t18-/m0/s1. The van der Waals surface area contributed by atoms with E-state index in [-0.39, 0.29) is 18.0 Å². The van der Waals surface area contributed by atoms with E-state index in [1.807, 2.05) is 32.0 Å². The number of Topliss-reactive ketones (excluding diaryl/α,β-unsaturated/α-hetero) is 1. The fraction of sp³-hybridized carbons (Fsp3) is 0.227. The molecule has 4 rings (SSSR count). The molecule has 1 aliphatic rings. The van der Waals surface area contributed by atoms with Gasteiger partial charge in [-0.2, -0.15) is 0 Å². The van der Waals surface area contributed by atoms with Gasteiger partial charge >= 0.3 is 0 Å². The molecule has 0 radical (unpaired) electrons. The van der Waals surface area contributed by atoms with Crippen LogP contribution in [-0.4, -0.2) is 16.7 Å². The molecule has 0 spiro atoms. The highest BCUT2D eigenvalue weighted by atomic mass is 19.1. The average molecular weight is 362 g/mol. The number of aryl methyl sites for hydroxylation is 2. The second-order valence-electron chi connectivity index (χ2n) is 6.91. The smallest absolute Gasteiger partial charge is 0.169 e. The van der Waals surface area contributed by atoms with Crippen LogP contribution < -0.4 is 0 Å². The summed E-state index contributed by atoms with van der Waals surface area (Å²) >= 11 is 0. The Balaban J connectivity index is 2.04. The van der Waals surface area contributed by atoms with Gasteiger partial charge in [-0.3, -0.25) is 9.79 Å². The summed E-state index contributed by atoms with van der Waals surface area (Å²) in [5.74, 6) is 0.321. The maximum absolute atomic E-state index is 13.5. The SMILES string of the molecule is CC(=O)C[C@@H]1N=C(c2ccc(F)cc2)c2c(C)cccc2-c2c(C)noc21. The number of fused-ring (bicyclic) bond motifs is 3. The predicted octanol–water partition coefficient (Wildman–Crippen LogP) is 4.97. The van der Waals surface area contributed by atoms with Crippen molar-refractivity contribution in [3.63, 3.8) is 0 Å². The van der Waals surface area contributed by atoms with Crippen LogP contribution in [0.2, 0.25) is 0 Å². The van der Waals surface area contributed by atoms with Gasteiger partial charge in [-0.15, -0.1) is 0 Å². The molecule has 1 atom stereocenters. The van der Waals surface area contributed by atoms with E-state index in [2.05, 4.69) is 5.16 Å². The molecule has 1 aliphatic heterocycles. The Hall–Kier alpha value is -3.08. The van der Waals surface area contributed by atoms with Crippen LogP contribution in [0.4, 0.5) is 4.39 Å². The second-order valence-corrected chi connectivity index (χ2v) is 6.91. The van der Waals surface area contributed by atoms with Crippen molar-refractivity contribution in [2.45, 2.75) is 33.2 Å². The van der Waals surface area contributed by atoms with Crippen molar-refractivity contribution in [2.75, 3.05) is 0 Å². The summed E-state index contributed by atoms with van der Waals surface area (Å²) in [5, 5.41) is 4.13. The van der Waals surface area contributed by atoms with Gasteiger partial charge in [0.1, 0.15) is 17.6 Å². The molecule has 2 heterocycles. The van der Waals surface area contributed by atoms with E-state index in [4.69, 9.17) is 9.52 Å². The van der Waals surface area contributed by atoms with Crippen molar-refractivity contribution in [3.8, 4) is 11.1 Å². The Morgan fingerprint density at radius 3 is 2.56 bits per heavy atom. The first kappa shape index (κ1) is 17.3. The summed E-state index contributed by atoms with van der Waals surface area (Å²) in [6.45, 7) is 5.45. The molecule has 2 aromatic carbocycles. The summed E-state index contributed by atoms with van der Waals surface area (Å²) < 4.78 is 19.1. The van der Waals surface area contributed by atoms with Crippen LogP contribution in [0, 0.1) is 19.7 Å². The van der Waals surface area contributed by atoms with Gasteiger partial charge in [-0.1, -0.05) is 23.4 Å². The van der Waals surface area contributed by atoms with Crippen LogP contribution in [0.15, 0.2) is 52.0 Å². The molecule has 0 amide bonds. The van der Waals surface area contributed by atoms with Gasteiger partial charge in [0, 0.05) is 17.5 Å². The van der Waals surface area contributed by atoms with Gasteiger partial charge in [0.15, 0.2) is 5.76 Å². The molecule has 3 aromatic rings. The summed E-state index contributed by atoms with van der Waals surface area (Å²) in [4.78, 5) is 16.8. The van der Waals surface area contributed by atoms with Crippen LogP contribution in [0.1, 0.15) is 47.5 Å². The molecule has 0 fully saturated rings. The van der Waals surface area contributed by atoms with Gasteiger partial charge in [0.25, 0.3) is 0 Å². The van der Waals surface area contributed by atoms with Crippen LogP contribution in [0.3, 0.4) is 0 Å². The first-order chi connectivity index (χ1) is 13.0. The van der Waals surface area contributed by atoms with E-state index >= 15 is 0 Å². The van der Waals surface area contributed by atoms with E-state index in [0.29, 0.717) is 5.76 Å². The van der Waals surface area contributed by atoms with Crippen molar-refractivity contribution in [1.82, 2.24) is 5.16 Å². The van der Waals surface area contributed by atoms with Gasteiger partial charge < -0.3 is 4.52 Å². The lowest BCUT2D eigenvalue weighted by atomic mass is 9.90. The highest BCUT2D eigenvalue weighted by Crippen LogP contribution is 2.41. The highest BCUT2D eigenvalue weighted by molar-refractivity contribution is 6.18. The molecule has 0 saturated carbocycles. The number of hydrogen-bond acceptors (Lipinski definition) is 4. The molecule has 136 valence electrons. The second kappa shape index (κ2) is 6.58. The molecule has 27 heavy (non-hydrogen) atoms. The molecule has 0 N–H and O–H groups in total. The Kier molecular flexibility index (Phi) is 4.22. The molecule has 1 aromatic heterocycles. The van der Waals surface area contributed by atoms with Crippen LogP contribution in [0.5, 0.6) is 0 Å². The molecule has 0 saturated heterocycles. The fourth-order valence-electron chi connectivity index (χ4n) is 3.65. The molecular formula is C22H19FN2O2. The Labute approximate surface area is 156 Å². The summed E-state index contributed by atoms with van der Waals surface area (Å²) in [6.07, 6.45) is 0.222. The van der Waals surface area contributed by atoms with E-state index in [9.17, 15) is 9.18 Å². The Bertz CT molecular complexity index is 1060. The van der Waals surface area contributed by atoms with E-state index < -0.39 is 6.04 Å². The molecule has 0 aliphatic carbocycles. The average Bonchev–Trinajstić information content (AvgIpc) is 2.94. The first-order valence-corrected chi connectivity index (χ1v) is 8.85. The first-order valence-electron chi connectivity index (χ1n) is 8.85. The van der Waals surface area contributed by atoms with Crippen molar-refractivity contribution < 1.29 is 13.7 Å². The number of rotatable bonds is 3. The maximum Gasteiger partial charge on any atom is 0.169 e. The number of aliphatic imine (C=N–C) groups is 1. The lowest BCUT2D eigenvalue weighted by Crippen LogP contribution is -2.09. The molecule has 0 bridgehead atoms. The van der Waals surface area contributed by atoms with Crippen LogP contribution in [0.25, 0.3) is 11.1 Å². The largest absolute Gasteiger partial charge is 0.358 e. The number of benzene rings is 2. The molecule has 0 unspecified atom stereocenters. The van der Waals surface area contributed by atoms with Gasteiger partial charge in [-0.25, -0.2) is 4.39 Å². The number of carbonyl (C=O) groups excluding carboxylic acids is 1. The Morgan fingerprint density at radius 1 is 1.11 bits per heavy atom. The lowest BCUT2D eigenvalue weighted by Gasteiger charge is -2.14. The van der Waals surface area contributed by atoms with E-state index in [0.717, 1.165) is 39.2 Å². The fourth-order valence-corrected chi connectivity index (χ4v) is 3.65. The normalized spacial score (nSPS) is 15.6. The zero-order valence-electron chi connectivity index (χ0n) is 15.4. The zero-order chi connectivity index (χ0) is 19.1. The van der Waals surface area contributed by atoms with Crippen molar-refractivity contribution >= 4 is 11.5 Å². The van der Waals surface area contributed by atoms with Gasteiger partial charge in [0.2, 0.25) is 0 Å². The number of ketones is 1. The molecule has 5 heteroatoms. The van der Waals surface area contributed by atoms with Gasteiger partial charge in [-0.05, 0) is 56.2 Å². The minimum Gasteiger partial charge on any atom is -0.358 e. The number of hydrogen-bond donors (Lipinski definition) is 0. The lowest BCUT2D eigenvalue weighted by molar-refractivity contribution is -0.117. The number of aromatic nitrogens is 1. The quantitative estimate of drug-likeness (QED) is 0.661.